The van der Waals surface area contributed by atoms with Crippen LogP contribution in [0.2, 0.25) is 0 Å². The fourth-order valence-corrected chi connectivity index (χ4v) is 0.877. The first-order valence-corrected chi connectivity index (χ1v) is 4.39. The van der Waals surface area contributed by atoms with Crippen LogP contribution in [0.15, 0.2) is 12.4 Å². The minimum atomic E-state index is -0.280. The zero-order valence-electron chi connectivity index (χ0n) is 7.99. The van der Waals surface area contributed by atoms with Gasteiger partial charge in [0.1, 0.15) is 0 Å². The standard InChI is InChI=1S/C9H15N3O/c1-7-5-11-9(12-6-7)10-4-3-8(2)13/h5-6,8,13H,3-4H2,1-2H3,(H,10,11,12). The maximum absolute atomic E-state index is 8.99. The molecule has 2 N–H and O–H groups in total. The third-order valence-electron chi connectivity index (χ3n) is 1.63. The van der Waals surface area contributed by atoms with Gasteiger partial charge >= 0.3 is 0 Å². The van der Waals surface area contributed by atoms with Gasteiger partial charge in [-0.1, -0.05) is 0 Å². The molecule has 0 saturated heterocycles. The summed E-state index contributed by atoms with van der Waals surface area (Å²) in [5, 5.41) is 12.0. The first kappa shape index (κ1) is 9.92. The van der Waals surface area contributed by atoms with E-state index in [1.54, 1.807) is 19.3 Å². The van der Waals surface area contributed by atoms with Crippen molar-refractivity contribution in [1.29, 1.82) is 0 Å². The highest BCUT2D eigenvalue weighted by Gasteiger charge is 1.96. The highest BCUT2D eigenvalue weighted by atomic mass is 16.3. The normalized spacial score (nSPS) is 12.5. The Bertz CT molecular complexity index is 246. The number of aliphatic hydroxyl groups is 1. The molecule has 13 heavy (non-hydrogen) atoms. The number of aliphatic hydroxyl groups excluding tert-OH is 1. The number of aryl methyl sites for hydroxylation is 1. The third-order valence-corrected chi connectivity index (χ3v) is 1.63. The molecule has 0 aliphatic rings. The lowest BCUT2D eigenvalue weighted by atomic mass is 10.3. The molecule has 0 amide bonds. The predicted octanol–water partition coefficient (Wildman–Crippen LogP) is 0.968. The Morgan fingerprint density at radius 2 is 2.08 bits per heavy atom. The summed E-state index contributed by atoms with van der Waals surface area (Å²) in [5.41, 5.74) is 1.04. The van der Waals surface area contributed by atoms with Gasteiger partial charge in [0.15, 0.2) is 0 Å². The smallest absolute Gasteiger partial charge is 0.222 e. The van der Waals surface area contributed by atoms with Gasteiger partial charge in [0.25, 0.3) is 0 Å². The van der Waals surface area contributed by atoms with Gasteiger partial charge in [0.05, 0.1) is 6.10 Å². The van der Waals surface area contributed by atoms with Crippen molar-refractivity contribution in [3.05, 3.63) is 18.0 Å². The minimum Gasteiger partial charge on any atom is -0.393 e. The van der Waals surface area contributed by atoms with Crippen LogP contribution in [0, 0.1) is 6.92 Å². The van der Waals surface area contributed by atoms with E-state index in [-0.39, 0.29) is 6.10 Å². The zero-order chi connectivity index (χ0) is 9.68. The van der Waals surface area contributed by atoms with Gasteiger partial charge in [-0.15, -0.1) is 0 Å². The molecular formula is C9H15N3O. The number of aromatic nitrogens is 2. The van der Waals surface area contributed by atoms with Crippen LogP contribution in [0.25, 0.3) is 0 Å². The van der Waals surface area contributed by atoms with Crippen molar-refractivity contribution < 1.29 is 5.11 Å². The van der Waals surface area contributed by atoms with Gasteiger partial charge in [0, 0.05) is 18.9 Å². The topological polar surface area (TPSA) is 58.0 Å². The van der Waals surface area contributed by atoms with Crippen molar-refractivity contribution >= 4 is 5.95 Å². The monoisotopic (exact) mass is 181 g/mol. The minimum absolute atomic E-state index is 0.280. The molecule has 4 heteroatoms. The van der Waals surface area contributed by atoms with E-state index in [0.29, 0.717) is 18.9 Å². The molecule has 1 unspecified atom stereocenters. The fraction of sp³-hybridized carbons (Fsp3) is 0.556. The van der Waals surface area contributed by atoms with Crippen molar-refractivity contribution in [3.63, 3.8) is 0 Å². The van der Waals surface area contributed by atoms with E-state index in [4.69, 9.17) is 5.11 Å². The molecule has 1 heterocycles. The Kier molecular flexibility index (Phi) is 3.64. The molecule has 1 aromatic heterocycles. The van der Waals surface area contributed by atoms with E-state index < -0.39 is 0 Å². The van der Waals surface area contributed by atoms with Gasteiger partial charge in [-0.05, 0) is 25.8 Å². The molecule has 0 aromatic carbocycles. The summed E-state index contributed by atoms with van der Waals surface area (Å²) in [5.74, 6) is 0.617. The van der Waals surface area contributed by atoms with Crippen LogP contribution < -0.4 is 5.32 Å². The number of nitrogens with one attached hydrogen (secondary N) is 1. The molecule has 0 aliphatic heterocycles. The Morgan fingerprint density at radius 1 is 1.46 bits per heavy atom. The van der Waals surface area contributed by atoms with E-state index in [9.17, 15) is 0 Å². The Labute approximate surface area is 78.0 Å². The van der Waals surface area contributed by atoms with E-state index in [1.807, 2.05) is 6.92 Å². The van der Waals surface area contributed by atoms with Crippen molar-refractivity contribution in [2.24, 2.45) is 0 Å². The summed E-state index contributed by atoms with van der Waals surface area (Å²) in [7, 11) is 0. The molecule has 4 nitrogen and oxygen atoms in total. The largest absolute Gasteiger partial charge is 0.393 e. The molecule has 0 saturated carbocycles. The Hall–Kier alpha value is -1.16. The number of nitrogens with zero attached hydrogens (tertiary/aromatic N) is 2. The zero-order valence-corrected chi connectivity index (χ0v) is 7.99. The summed E-state index contributed by atoms with van der Waals surface area (Å²) in [6.45, 7) is 4.40. The Balaban J connectivity index is 2.33. The lowest BCUT2D eigenvalue weighted by Crippen LogP contribution is -2.11. The maximum Gasteiger partial charge on any atom is 0.222 e. The molecule has 0 fully saturated rings. The lowest BCUT2D eigenvalue weighted by Gasteiger charge is -2.05. The Morgan fingerprint density at radius 3 is 2.62 bits per heavy atom. The quantitative estimate of drug-likeness (QED) is 0.726. The van der Waals surface area contributed by atoms with Crippen LogP contribution in [0.4, 0.5) is 5.95 Å². The van der Waals surface area contributed by atoms with Crippen molar-refractivity contribution in [1.82, 2.24) is 9.97 Å². The third kappa shape index (κ3) is 3.85. The predicted molar refractivity (Wildman–Crippen MR) is 51.6 cm³/mol. The summed E-state index contributed by atoms with van der Waals surface area (Å²) in [4.78, 5) is 8.14. The molecule has 1 atom stereocenters. The van der Waals surface area contributed by atoms with Crippen molar-refractivity contribution in [3.8, 4) is 0 Å². The second-order valence-corrected chi connectivity index (χ2v) is 3.15. The molecule has 0 radical (unpaired) electrons. The van der Waals surface area contributed by atoms with Crippen LogP contribution in [0.3, 0.4) is 0 Å². The van der Waals surface area contributed by atoms with E-state index in [0.717, 1.165) is 5.56 Å². The van der Waals surface area contributed by atoms with E-state index in [1.165, 1.54) is 0 Å². The number of hydrogen-bond donors (Lipinski definition) is 2. The molecule has 1 rings (SSSR count). The molecular weight excluding hydrogens is 166 g/mol. The first-order chi connectivity index (χ1) is 6.18. The summed E-state index contributed by atoms with van der Waals surface area (Å²) in [6.07, 6.45) is 3.95. The summed E-state index contributed by atoms with van der Waals surface area (Å²) < 4.78 is 0. The molecule has 72 valence electrons. The van der Waals surface area contributed by atoms with E-state index >= 15 is 0 Å². The average molecular weight is 181 g/mol. The van der Waals surface area contributed by atoms with Crippen molar-refractivity contribution in [2.45, 2.75) is 26.4 Å². The number of hydrogen-bond acceptors (Lipinski definition) is 4. The average Bonchev–Trinajstić information content (AvgIpc) is 2.08. The van der Waals surface area contributed by atoms with Crippen molar-refractivity contribution in [2.75, 3.05) is 11.9 Å². The van der Waals surface area contributed by atoms with Crippen LogP contribution in [-0.4, -0.2) is 27.7 Å². The lowest BCUT2D eigenvalue weighted by molar-refractivity contribution is 0.188. The highest BCUT2D eigenvalue weighted by Crippen LogP contribution is 1.99. The van der Waals surface area contributed by atoms with Gasteiger partial charge in [0.2, 0.25) is 5.95 Å². The van der Waals surface area contributed by atoms with Crippen LogP contribution >= 0.6 is 0 Å². The molecule has 1 aromatic rings. The van der Waals surface area contributed by atoms with Gasteiger partial charge < -0.3 is 10.4 Å². The van der Waals surface area contributed by atoms with E-state index in [2.05, 4.69) is 15.3 Å². The van der Waals surface area contributed by atoms with Crippen LogP contribution in [0.5, 0.6) is 0 Å². The molecule has 0 aliphatic carbocycles. The maximum atomic E-state index is 8.99. The number of rotatable bonds is 4. The molecule has 0 spiro atoms. The van der Waals surface area contributed by atoms with Gasteiger partial charge in [-0.2, -0.15) is 0 Å². The first-order valence-electron chi connectivity index (χ1n) is 4.39. The number of anilines is 1. The SMILES string of the molecule is Cc1cnc(NCCC(C)O)nc1. The van der Waals surface area contributed by atoms with Crippen LogP contribution in [-0.2, 0) is 0 Å². The summed E-state index contributed by atoms with van der Waals surface area (Å²) in [6, 6.07) is 0. The second kappa shape index (κ2) is 4.77. The van der Waals surface area contributed by atoms with Gasteiger partial charge in [-0.3, -0.25) is 0 Å². The fourth-order valence-electron chi connectivity index (χ4n) is 0.877. The second-order valence-electron chi connectivity index (χ2n) is 3.15. The van der Waals surface area contributed by atoms with Crippen LogP contribution in [0.1, 0.15) is 18.9 Å². The van der Waals surface area contributed by atoms with Gasteiger partial charge in [-0.25, -0.2) is 9.97 Å². The highest BCUT2D eigenvalue weighted by molar-refractivity contribution is 5.23. The molecule has 0 bridgehead atoms. The summed E-state index contributed by atoms with van der Waals surface area (Å²) >= 11 is 0.